The highest BCUT2D eigenvalue weighted by molar-refractivity contribution is 6.19. The van der Waals surface area contributed by atoms with Gasteiger partial charge in [0.25, 0.3) is 0 Å². The monoisotopic (exact) mass is 1540 g/mol. The van der Waals surface area contributed by atoms with E-state index in [9.17, 15) is 0 Å². The summed E-state index contributed by atoms with van der Waals surface area (Å²) < 4.78 is 14.5. The highest BCUT2D eigenvalue weighted by Gasteiger charge is 2.25. The minimum Gasteiger partial charge on any atom is -0.309 e. The first-order valence-corrected chi connectivity index (χ1v) is 41.6. The number of fused-ring (bicyclic) bond motifs is 18. The lowest BCUT2D eigenvalue weighted by molar-refractivity contribution is 1.13. The number of nitrogens with zero attached hydrogens (tertiary/aromatic N) is 6. The molecule has 0 amide bonds. The SMILES string of the molecule is Cc1ccccc1-c1cc(-n2c3ccccc3c3ccccc32)cc(-n2c3ccccc3c3ccccc32)c1.c1cc(-n2c3ccccc3c3ccccc32)cc(-n2c3ccccc3c3ccccc32)c1.c1ccc(-c2cccc3c2c2ccccc2n3-c2ccccc2-c2ccccc2-n2c3ccccc3c3c(-c4ccccc4)cccc32)cc1. The number of hydrogen-bond acceptors (Lipinski definition) is 0. The molecule has 0 atom stereocenters. The van der Waals surface area contributed by atoms with Gasteiger partial charge in [0.1, 0.15) is 0 Å². The Bertz CT molecular complexity index is 7690. The van der Waals surface area contributed by atoms with Gasteiger partial charge in [-0.1, -0.05) is 334 Å². The fourth-order valence-corrected chi connectivity index (χ4v) is 19.5. The van der Waals surface area contributed by atoms with Gasteiger partial charge in [0.15, 0.2) is 0 Å². The second-order valence-corrected chi connectivity index (χ2v) is 31.4. The van der Waals surface area contributed by atoms with Gasteiger partial charge in [-0.25, -0.2) is 0 Å². The van der Waals surface area contributed by atoms with Crippen LogP contribution in [0.15, 0.2) is 455 Å². The highest BCUT2D eigenvalue weighted by Crippen LogP contribution is 2.47. The number of aromatic nitrogens is 6. The Balaban J connectivity index is 0.000000108. The summed E-state index contributed by atoms with van der Waals surface area (Å²) in [7, 11) is 0. The lowest BCUT2D eigenvalue weighted by atomic mass is 9.99. The summed E-state index contributed by atoms with van der Waals surface area (Å²) in [4.78, 5) is 0. The molecule has 568 valence electrons. The molecule has 0 bridgehead atoms. The molecule has 0 N–H and O–H groups in total. The molecule has 0 radical (unpaired) electrons. The van der Waals surface area contributed by atoms with Crippen molar-refractivity contribution in [2.75, 3.05) is 0 Å². The third-order valence-corrected chi connectivity index (χ3v) is 24.7. The molecule has 0 aliphatic rings. The van der Waals surface area contributed by atoms with Gasteiger partial charge in [-0.3, -0.25) is 0 Å². The standard InChI is InChI=1S/C48H32N2.C37H26N2.C30H20N2/c1-3-17-33(18-4-1)35-25-15-31-45-47(35)39-23-9-13-29-43(39)49(45)41-27-11-7-21-37(41)38-22-8-12-28-42(38)50-44-30-14-10-24-40(44)48-36(26-16-32-46(48)50)34-19-5-2-6-20-34;1-25-12-2-3-13-29(25)26-22-27(38-34-18-8-4-14-30(34)31-15-5-9-19-35(31)38)24-28(23-26)39-36-20-10-6-16-32(36)33-17-7-11-21-37(33)39;1-5-16-27-23(12-1)24-13-2-6-17-28(24)31(27)21-10-9-11-22(20-21)32-29-18-7-3-14-25(29)26-15-4-8-19-30(26)32/h1-32H;2-24H,1H3;1-20H. The summed E-state index contributed by atoms with van der Waals surface area (Å²) in [5.74, 6) is 0. The molecule has 0 aliphatic carbocycles. The van der Waals surface area contributed by atoms with Crippen molar-refractivity contribution in [3.8, 4) is 78.6 Å². The summed E-state index contributed by atoms with van der Waals surface area (Å²) >= 11 is 0. The summed E-state index contributed by atoms with van der Waals surface area (Å²) in [6.45, 7) is 2.20. The molecule has 6 heteroatoms. The molecule has 6 heterocycles. The van der Waals surface area contributed by atoms with Crippen molar-refractivity contribution >= 4 is 131 Å². The maximum absolute atomic E-state index is 2.46. The molecule has 121 heavy (non-hydrogen) atoms. The first-order chi connectivity index (χ1) is 60.0. The maximum Gasteiger partial charge on any atom is 0.0547 e. The maximum atomic E-state index is 2.46. The molecule has 0 aliphatic heterocycles. The van der Waals surface area contributed by atoms with Crippen LogP contribution in [0.2, 0.25) is 0 Å². The predicted octanol–water partition coefficient (Wildman–Crippen LogP) is 30.6. The van der Waals surface area contributed by atoms with Crippen molar-refractivity contribution in [2.45, 2.75) is 6.92 Å². The predicted molar refractivity (Wildman–Crippen MR) is 512 cm³/mol. The molecule has 0 fully saturated rings. The van der Waals surface area contributed by atoms with Gasteiger partial charge in [0.05, 0.1) is 77.6 Å². The van der Waals surface area contributed by atoms with Crippen molar-refractivity contribution in [3.63, 3.8) is 0 Å². The van der Waals surface area contributed by atoms with E-state index < -0.39 is 0 Å². The van der Waals surface area contributed by atoms with E-state index in [4.69, 9.17) is 0 Å². The number of para-hydroxylation sites is 12. The van der Waals surface area contributed by atoms with Crippen molar-refractivity contribution in [1.29, 1.82) is 0 Å². The van der Waals surface area contributed by atoms with E-state index in [1.165, 1.54) is 192 Å². The van der Waals surface area contributed by atoms with Crippen molar-refractivity contribution in [1.82, 2.24) is 27.4 Å². The van der Waals surface area contributed by atoms with Crippen LogP contribution in [0.1, 0.15) is 5.56 Å². The van der Waals surface area contributed by atoms with Crippen LogP contribution in [0.25, 0.3) is 209 Å². The van der Waals surface area contributed by atoms with Crippen molar-refractivity contribution in [3.05, 3.63) is 461 Å². The second kappa shape index (κ2) is 29.3. The zero-order valence-electron chi connectivity index (χ0n) is 66.5. The van der Waals surface area contributed by atoms with Crippen LogP contribution in [0.3, 0.4) is 0 Å². The number of benzene rings is 19. The van der Waals surface area contributed by atoms with Crippen molar-refractivity contribution in [2.24, 2.45) is 0 Å². The molecule has 25 aromatic rings. The number of rotatable bonds is 10. The van der Waals surface area contributed by atoms with Gasteiger partial charge in [-0.15, -0.1) is 0 Å². The van der Waals surface area contributed by atoms with Gasteiger partial charge in [0.2, 0.25) is 0 Å². The summed E-state index contributed by atoms with van der Waals surface area (Å²) in [6, 6.07) is 164. The van der Waals surface area contributed by atoms with E-state index in [0.717, 1.165) is 22.7 Å². The zero-order valence-corrected chi connectivity index (χ0v) is 66.5. The van der Waals surface area contributed by atoms with Crippen molar-refractivity contribution < 1.29 is 0 Å². The van der Waals surface area contributed by atoms with Gasteiger partial charge in [0, 0.05) is 98.5 Å². The van der Waals surface area contributed by atoms with E-state index in [1.54, 1.807) is 0 Å². The van der Waals surface area contributed by atoms with Crippen LogP contribution in [-0.4, -0.2) is 27.4 Å². The number of aryl methyl sites for hydroxylation is 1. The van der Waals surface area contributed by atoms with Gasteiger partial charge in [-0.05, 0) is 167 Å². The first kappa shape index (κ1) is 70.4. The van der Waals surface area contributed by atoms with E-state index in [1.807, 2.05) is 0 Å². The van der Waals surface area contributed by atoms with Crippen LogP contribution in [0.4, 0.5) is 0 Å². The van der Waals surface area contributed by atoms with E-state index in [2.05, 4.69) is 489 Å². The summed E-state index contributed by atoms with van der Waals surface area (Å²) in [5, 5.41) is 15.3. The van der Waals surface area contributed by atoms with Gasteiger partial charge in [-0.2, -0.15) is 0 Å². The molecular formula is C115H78N6. The Morgan fingerprint density at radius 2 is 0.372 bits per heavy atom. The van der Waals surface area contributed by atoms with Crippen LogP contribution in [0.5, 0.6) is 0 Å². The lowest BCUT2D eigenvalue weighted by Crippen LogP contribution is -2.01. The Labute approximate surface area is 699 Å². The minimum absolute atomic E-state index is 1.15. The summed E-state index contributed by atoms with van der Waals surface area (Å²) in [5.41, 5.74) is 32.6. The fraction of sp³-hybridized carbons (Fsp3) is 0.00870. The molecule has 19 aromatic carbocycles. The average Bonchev–Trinajstić information content (AvgIpc) is 1.57. The zero-order chi connectivity index (χ0) is 80.0. The Kier molecular flexibility index (Phi) is 17.0. The minimum atomic E-state index is 1.15. The molecule has 6 aromatic heterocycles. The average molecular weight is 1540 g/mol. The molecule has 6 nitrogen and oxygen atoms in total. The lowest BCUT2D eigenvalue weighted by Gasteiger charge is -2.18. The quantitative estimate of drug-likeness (QED) is 0.131. The van der Waals surface area contributed by atoms with Gasteiger partial charge >= 0.3 is 0 Å². The topological polar surface area (TPSA) is 29.6 Å². The van der Waals surface area contributed by atoms with Crippen LogP contribution >= 0.6 is 0 Å². The van der Waals surface area contributed by atoms with Crippen LogP contribution in [-0.2, 0) is 0 Å². The smallest absolute Gasteiger partial charge is 0.0547 e. The largest absolute Gasteiger partial charge is 0.309 e. The molecule has 25 rings (SSSR count). The fourth-order valence-electron chi connectivity index (χ4n) is 19.5. The third-order valence-electron chi connectivity index (χ3n) is 24.7. The third kappa shape index (κ3) is 11.6. The number of hydrogen-bond donors (Lipinski definition) is 0. The second-order valence-electron chi connectivity index (χ2n) is 31.4. The molecule has 0 spiro atoms. The van der Waals surface area contributed by atoms with Crippen LogP contribution in [0, 0.1) is 6.92 Å². The van der Waals surface area contributed by atoms with E-state index >= 15 is 0 Å². The highest BCUT2D eigenvalue weighted by atomic mass is 15.0. The first-order valence-electron chi connectivity index (χ1n) is 41.6. The molecular weight excluding hydrogens is 1470 g/mol. The molecule has 0 saturated heterocycles. The van der Waals surface area contributed by atoms with Gasteiger partial charge < -0.3 is 27.4 Å². The van der Waals surface area contributed by atoms with Crippen LogP contribution < -0.4 is 0 Å². The molecule has 0 saturated carbocycles. The normalized spacial score (nSPS) is 11.7. The Morgan fingerprint density at radius 1 is 0.140 bits per heavy atom. The molecule has 0 unspecified atom stereocenters. The summed E-state index contributed by atoms with van der Waals surface area (Å²) in [6.07, 6.45) is 0. The Hall–Kier alpha value is -16.0. The van der Waals surface area contributed by atoms with E-state index in [0.29, 0.717) is 0 Å². The Morgan fingerprint density at radius 3 is 0.702 bits per heavy atom. The van der Waals surface area contributed by atoms with E-state index in [-0.39, 0.29) is 0 Å².